The second kappa shape index (κ2) is 51.7. The van der Waals surface area contributed by atoms with Crippen LogP contribution in [0.3, 0.4) is 0 Å². The Balaban J connectivity index is 4.36. The van der Waals surface area contributed by atoms with Crippen molar-refractivity contribution in [3.05, 3.63) is 60.8 Å². The van der Waals surface area contributed by atoms with Gasteiger partial charge in [0.2, 0.25) is 0 Å². The number of carbonyl (C=O) groups is 3. The van der Waals surface area contributed by atoms with Gasteiger partial charge in [0.1, 0.15) is 13.2 Å². The number of unbranched alkanes of at least 4 members (excludes halogenated alkanes) is 27. The highest BCUT2D eigenvalue weighted by atomic mass is 16.6. The quantitative estimate of drug-likeness (QED) is 0.0262. The monoisotopic (exact) mass is 881 g/mol. The Morgan fingerprint density at radius 3 is 1.02 bits per heavy atom. The van der Waals surface area contributed by atoms with Crippen molar-refractivity contribution in [1.82, 2.24) is 0 Å². The highest BCUT2D eigenvalue weighted by Crippen LogP contribution is 2.15. The fourth-order valence-electron chi connectivity index (χ4n) is 7.49. The lowest BCUT2D eigenvalue weighted by Crippen LogP contribution is -2.30. The van der Waals surface area contributed by atoms with E-state index in [1.54, 1.807) is 0 Å². The van der Waals surface area contributed by atoms with Crippen molar-refractivity contribution in [1.29, 1.82) is 0 Å². The molecule has 0 bridgehead atoms. The SMILES string of the molecule is CC/C=C\C/C=C\C/C=C\CCCCCC(=O)OC(COC(=O)CCCCCCCCCCC/C=C\C/C=C\CCCCC)COC(=O)CCCCCCCCCCCCCCC. The topological polar surface area (TPSA) is 78.9 Å². The standard InChI is InChI=1S/C57H100O6/c1-4-7-10-13-16-19-22-25-26-27-28-29-30-33-35-38-41-44-47-50-56(59)62-53-54(63-57(60)51-48-45-42-39-36-32-24-21-18-15-12-9-6-3)52-61-55(58)49-46-43-40-37-34-31-23-20-17-14-11-8-5-2/h9,12,16,18-19,21,25-26,32,36,54H,4-8,10-11,13-15,17,20,22-24,27-31,33-35,37-53H2,1-3H3/b12-9-,19-16-,21-18-,26-25-,36-32-. The Kier molecular flexibility index (Phi) is 49.4. The minimum Gasteiger partial charge on any atom is -0.462 e. The highest BCUT2D eigenvalue weighted by Gasteiger charge is 2.19. The summed E-state index contributed by atoms with van der Waals surface area (Å²) in [6.45, 7) is 6.48. The summed E-state index contributed by atoms with van der Waals surface area (Å²) in [7, 11) is 0. The number of rotatable bonds is 48. The largest absolute Gasteiger partial charge is 0.462 e. The Labute approximate surface area is 390 Å². The van der Waals surface area contributed by atoms with E-state index >= 15 is 0 Å². The molecule has 0 spiro atoms. The van der Waals surface area contributed by atoms with E-state index in [0.717, 1.165) is 89.9 Å². The molecule has 1 atom stereocenters. The van der Waals surface area contributed by atoms with Gasteiger partial charge in [0.05, 0.1) is 0 Å². The smallest absolute Gasteiger partial charge is 0.306 e. The van der Waals surface area contributed by atoms with Gasteiger partial charge < -0.3 is 14.2 Å². The minimum absolute atomic E-state index is 0.0853. The second-order valence-corrected chi connectivity index (χ2v) is 17.8. The van der Waals surface area contributed by atoms with E-state index in [1.807, 2.05) is 0 Å². The zero-order chi connectivity index (χ0) is 45.8. The van der Waals surface area contributed by atoms with E-state index in [4.69, 9.17) is 14.2 Å². The van der Waals surface area contributed by atoms with Gasteiger partial charge in [-0.1, -0.05) is 223 Å². The molecule has 0 aliphatic heterocycles. The molecule has 63 heavy (non-hydrogen) atoms. The molecule has 0 amide bonds. The van der Waals surface area contributed by atoms with Crippen molar-refractivity contribution in [3.63, 3.8) is 0 Å². The lowest BCUT2D eigenvalue weighted by Gasteiger charge is -2.18. The molecule has 0 aliphatic carbocycles. The summed E-state index contributed by atoms with van der Waals surface area (Å²) >= 11 is 0. The molecule has 0 heterocycles. The Bertz CT molecular complexity index is 1150. The number of esters is 3. The van der Waals surface area contributed by atoms with Gasteiger partial charge in [0.25, 0.3) is 0 Å². The van der Waals surface area contributed by atoms with Crippen molar-refractivity contribution in [2.75, 3.05) is 13.2 Å². The zero-order valence-electron chi connectivity index (χ0n) is 41.6. The summed E-state index contributed by atoms with van der Waals surface area (Å²) in [5.74, 6) is -0.913. The van der Waals surface area contributed by atoms with Gasteiger partial charge in [-0.05, 0) is 83.5 Å². The lowest BCUT2D eigenvalue weighted by molar-refractivity contribution is -0.167. The first-order chi connectivity index (χ1) is 31.0. The van der Waals surface area contributed by atoms with E-state index in [2.05, 4.69) is 81.5 Å². The molecule has 0 N–H and O–H groups in total. The van der Waals surface area contributed by atoms with E-state index in [-0.39, 0.29) is 31.1 Å². The van der Waals surface area contributed by atoms with Crippen LogP contribution in [0.2, 0.25) is 0 Å². The molecule has 0 aromatic carbocycles. The first-order valence-corrected chi connectivity index (χ1v) is 26.8. The molecule has 0 aromatic heterocycles. The highest BCUT2D eigenvalue weighted by molar-refractivity contribution is 5.71. The Hall–Kier alpha value is -2.89. The average Bonchev–Trinajstić information content (AvgIpc) is 3.28. The van der Waals surface area contributed by atoms with Gasteiger partial charge in [0.15, 0.2) is 6.10 Å². The van der Waals surface area contributed by atoms with Crippen LogP contribution in [-0.2, 0) is 28.6 Å². The van der Waals surface area contributed by atoms with Gasteiger partial charge in [-0.3, -0.25) is 14.4 Å². The maximum absolute atomic E-state index is 12.8. The lowest BCUT2D eigenvalue weighted by atomic mass is 10.0. The summed E-state index contributed by atoms with van der Waals surface area (Å²) in [4.78, 5) is 38.0. The fraction of sp³-hybridized carbons (Fsp3) is 0.772. The van der Waals surface area contributed by atoms with Gasteiger partial charge in [-0.25, -0.2) is 0 Å². The molecule has 364 valence electrons. The summed E-state index contributed by atoms with van der Waals surface area (Å²) in [6.07, 6.45) is 63.5. The van der Waals surface area contributed by atoms with Crippen LogP contribution >= 0.6 is 0 Å². The summed E-state index contributed by atoms with van der Waals surface area (Å²) in [5, 5.41) is 0. The third-order valence-electron chi connectivity index (χ3n) is 11.5. The number of ether oxygens (including phenoxy) is 3. The zero-order valence-corrected chi connectivity index (χ0v) is 41.6. The molecule has 6 heteroatoms. The van der Waals surface area contributed by atoms with E-state index in [9.17, 15) is 14.4 Å². The predicted octanol–water partition coefficient (Wildman–Crippen LogP) is 17.6. The number of carbonyl (C=O) groups excluding carboxylic acids is 3. The Morgan fingerprint density at radius 1 is 0.333 bits per heavy atom. The maximum Gasteiger partial charge on any atom is 0.306 e. The molecule has 0 saturated heterocycles. The third kappa shape index (κ3) is 50.0. The summed E-state index contributed by atoms with van der Waals surface area (Å²) in [6, 6.07) is 0. The van der Waals surface area contributed by atoms with Crippen molar-refractivity contribution in [2.24, 2.45) is 0 Å². The summed E-state index contributed by atoms with van der Waals surface area (Å²) < 4.78 is 16.8. The van der Waals surface area contributed by atoms with Gasteiger partial charge in [0, 0.05) is 19.3 Å². The molecular formula is C57H100O6. The minimum atomic E-state index is -0.788. The maximum atomic E-state index is 12.8. The molecule has 0 aromatic rings. The van der Waals surface area contributed by atoms with E-state index in [0.29, 0.717) is 19.3 Å². The van der Waals surface area contributed by atoms with Crippen molar-refractivity contribution >= 4 is 17.9 Å². The van der Waals surface area contributed by atoms with Crippen LogP contribution in [0.1, 0.15) is 265 Å². The number of hydrogen-bond acceptors (Lipinski definition) is 6. The second-order valence-electron chi connectivity index (χ2n) is 17.8. The number of allylic oxidation sites excluding steroid dienone is 10. The van der Waals surface area contributed by atoms with Gasteiger partial charge in [-0.2, -0.15) is 0 Å². The van der Waals surface area contributed by atoms with Crippen molar-refractivity contribution in [3.8, 4) is 0 Å². The molecule has 0 radical (unpaired) electrons. The van der Waals surface area contributed by atoms with E-state index in [1.165, 1.54) is 135 Å². The van der Waals surface area contributed by atoms with Crippen LogP contribution in [0.5, 0.6) is 0 Å². The molecule has 6 nitrogen and oxygen atoms in total. The van der Waals surface area contributed by atoms with E-state index < -0.39 is 6.10 Å². The molecular weight excluding hydrogens is 781 g/mol. The Morgan fingerprint density at radius 2 is 0.619 bits per heavy atom. The molecule has 0 saturated carbocycles. The normalized spacial score (nSPS) is 12.5. The summed E-state index contributed by atoms with van der Waals surface area (Å²) in [5.41, 5.74) is 0. The van der Waals surface area contributed by atoms with Crippen molar-refractivity contribution in [2.45, 2.75) is 271 Å². The molecule has 0 aliphatic rings. The van der Waals surface area contributed by atoms with Crippen LogP contribution in [-0.4, -0.2) is 37.2 Å². The molecule has 1 unspecified atom stereocenters. The van der Waals surface area contributed by atoms with Crippen LogP contribution in [0.15, 0.2) is 60.8 Å². The van der Waals surface area contributed by atoms with Gasteiger partial charge >= 0.3 is 17.9 Å². The molecule has 0 rings (SSSR count). The first kappa shape index (κ1) is 60.1. The predicted molar refractivity (Wildman–Crippen MR) is 270 cm³/mol. The first-order valence-electron chi connectivity index (χ1n) is 26.8. The van der Waals surface area contributed by atoms with Crippen molar-refractivity contribution < 1.29 is 28.6 Å². The van der Waals surface area contributed by atoms with Crippen LogP contribution in [0, 0.1) is 0 Å². The van der Waals surface area contributed by atoms with Crippen LogP contribution in [0.25, 0.3) is 0 Å². The van der Waals surface area contributed by atoms with Crippen LogP contribution < -0.4 is 0 Å². The van der Waals surface area contributed by atoms with Gasteiger partial charge in [-0.15, -0.1) is 0 Å². The fourth-order valence-corrected chi connectivity index (χ4v) is 7.49. The average molecular weight is 881 g/mol. The third-order valence-corrected chi connectivity index (χ3v) is 11.5. The number of hydrogen-bond donors (Lipinski definition) is 0. The molecule has 0 fully saturated rings. The van der Waals surface area contributed by atoms with Crippen LogP contribution in [0.4, 0.5) is 0 Å².